The number of ketones is 1. The Morgan fingerprint density at radius 1 is 1.47 bits per heavy atom. The number of aromatic hydroxyl groups is 1. The minimum atomic E-state index is -0.145. The highest BCUT2D eigenvalue weighted by Gasteiger charge is 2.11. The molecule has 78 valence electrons. The van der Waals surface area contributed by atoms with Crippen molar-refractivity contribution in [2.24, 2.45) is 0 Å². The van der Waals surface area contributed by atoms with E-state index in [1.54, 1.807) is 24.3 Å². The van der Waals surface area contributed by atoms with Gasteiger partial charge in [-0.25, -0.2) is 0 Å². The predicted molar refractivity (Wildman–Crippen MR) is 62.9 cm³/mol. The number of carbonyl (C=O) groups is 1. The number of Topliss-reactive ketones (excluding diaryl/α,β-unsaturated/α-hetero) is 1. The smallest absolute Gasteiger partial charge is 0.163 e. The number of benzene rings is 1. The normalized spacial score (nSPS) is 10.5. The third-order valence-electron chi connectivity index (χ3n) is 2.18. The van der Waals surface area contributed by atoms with Gasteiger partial charge in [-0.2, -0.15) is 0 Å². The Morgan fingerprint density at radius 2 is 2.13 bits per heavy atom. The number of carbonyl (C=O) groups excluding carboxylic acids is 1. The Kier molecular flexibility index (Phi) is 3.45. The predicted octanol–water partition coefficient (Wildman–Crippen LogP) is 3.27. The largest absolute Gasteiger partial charge is 0.507 e. The molecule has 0 radical (unpaired) electrons. The summed E-state index contributed by atoms with van der Waals surface area (Å²) < 4.78 is 0. The van der Waals surface area contributed by atoms with Crippen molar-refractivity contribution in [2.75, 3.05) is 0 Å². The van der Waals surface area contributed by atoms with E-state index >= 15 is 0 Å². The molecule has 0 unspecified atom stereocenters. The maximum Gasteiger partial charge on any atom is 0.163 e. The van der Waals surface area contributed by atoms with Crippen molar-refractivity contribution in [1.82, 2.24) is 0 Å². The molecule has 1 rings (SSSR count). The SMILES string of the molecule is C=Cc1ccc(C(C)=O)c(O)c1/C=C\C. The summed E-state index contributed by atoms with van der Waals surface area (Å²) in [5.74, 6) is -0.119. The van der Waals surface area contributed by atoms with Crippen LogP contribution in [0.25, 0.3) is 12.2 Å². The first-order chi connectivity index (χ1) is 7.11. The highest BCUT2D eigenvalue weighted by atomic mass is 16.3. The first-order valence-electron chi connectivity index (χ1n) is 4.73. The Bertz CT molecular complexity index is 428. The van der Waals surface area contributed by atoms with E-state index in [0.29, 0.717) is 11.1 Å². The zero-order valence-corrected chi connectivity index (χ0v) is 8.95. The molecule has 1 N–H and O–H groups in total. The topological polar surface area (TPSA) is 37.3 Å². The van der Waals surface area contributed by atoms with Crippen LogP contribution < -0.4 is 0 Å². The van der Waals surface area contributed by atoms with E-state index in [1.807, 2.05) is 13.0 Å². The van der Waals surface area contributed by atoms with Crippen LogP contribution in [0, 0.1) is 0 Å². The molecular formula is C13H14O2. The lowest BCUT2D eigenvalue weighted by Crippen LogP contribution is -1.95. The second kappa shape index (κ2) is 4.60. The van der Waals surface area contributed by atoms with E-state index in [0.717, 1.165) is 5.56 Å². The quantitative estimate of drug-likeness (QED) is 0.764. The zero-order valence-electron chi connectivity index (χ0n) is 8.95. The highest BCUT2D eigenvalue weighted by Crippen LogP contribution is 2.28. The van der Waals surface area contributed by atoms with Gasteiger partial charge in [-0.05, 0) is 25.5 Å². The van der Waals surface area contributed by atoms with Gasteiger partial charge < -0.3 is 5.11 Å². The molecule has 0 saturated heterocycles. The van der Waals surface area contributed by atoms with Crippen LogP contribution >= 0.6 is 0 Å². The number of phenolic OH excluding ortho intramolecular Hbond substituents is 1. The Hall–Kier alpha value is -1.83. The molecule has 0 heterocycles. The summed E-state index contributed by atoms with van der Waals surface area (Å²) in [6.07, 6.45) is 5.23. The summed E-state index contributed by atoms with van der Waals surface area (Å²) in [5, 5.41) is 9.88. The minimum absolute atomic E-state index is 0.0259. The van der Waals surface area contributed by atoms with E-state index in [4.69, 9.17) is 0 Å². The van der Waals surface area contributed by atoms with Crippen LogP contribution in [-0.4, -0.2) is 10.9 Å². The third-order valence-corrected chi connectivity index (χ3v) is 2.18. The highest BCUT2D eigenvalue weighted by molar-refractivity contribution is 5.98. The minimum Gasteiger partial charge on any atom is -0.507 e. The molecule has 0 atom stereocenters. The number of allylic oxidation sites excluding steroid dienone is 1. The number of hydrogen-bond donors (Lipinski definition) is 1. The van der Waals surface area contributed by atoms with Gasteiger partial charge in [0, 0.05) is 5.56 Å². The summed E-state index contributed by atoms with van der Waals surface area (Å²) in [6, 6.07) is 3.39. The molecule has 0 spiro atoms. The van der Waals surface area contributed by atoms with E-state index in [-0.39, 0.29) is 11.5 Å². The first-order valence-corrected chi connectivity index (χ1v) is 4.73. The monoisotopic (exact) mass is 202 g/mol. The van der Waals surface area contributed by atoms with Crippen molar-refractivity contribution >= 4 is 17.9 Å². The first kappa shape index (κ1) is 11.2. The molecule has 0 amide bonds. The molecule has 0 aliphatic rings. The van der Waals surface area contributed by atoms with Crippen LogP contribution in [0.2, 0.25) is 0 Å². The maximum atomic E-state index is 11.2. The van der Waals surface area contributed by atoms with E-state index in [2.05, 4.69) is 6.58 Å². The van der Waals surface area contributed by atoms with Gasteiger partial charge in [0.05, 0.1) is 5.56 Å². The number of rotatable bonds is 3. The molecule has 0 bridgehead atoms. The average Bonchev–Trinajstić information content (AvgIpc) is 2.20. The van der Waals surface area contributed by atoms with Crippen molar-refractivity contribution in [3.05, 3.63) is 41.5 Å². The fourth-order valence-corrected chi connectivity index (χ4v) is 1.43. The van der Waals surface area contributed by atoms with Crippen molar-refractivity contribution in [1.29, 1.82) is 0 Å². The van der Waals surface area contributed by atoms with Gasteiger partial charge in [-0.1, -0.05) is 30.9 Å². The summed E-state index contributed by atoms with van der Waals surface area (Å²) in [4.78, 5) is 11.2. The molecular weight excluding hydrogens is 188 g/mol. The maximum absolute atomic E-state index is 11.2. The third kappa shape index (κ3) is 2.15. The van der Waals surface area contributed by atoms with Crippen LogP contribution in [-0.2, 0) is 0 Å². The Balaban J connectivity index is 3.48. The van der Waals surface area contributed by atoms with Crippen molar-refractivity contribution in [3.8, 4) is 5.75 Å². The molecule has 0 aromatic heterocycles. The molecule has 0 aliphatic carbocycles. The van der Waals surface area contributed by atoms with E-state index in [1.165, 1.54) is 6.92 Å². The lowest BCUT2D eigenvalue weighted by atomic mass is 10.00. The van der Waals surface area contributed by atoms with Crippen molar-refractivity contribution in [3.63, 3.8) is 0 Å². The Labute approximate surface area is 89.6 Å². The second-order valence-corrected chi connectivity index (χ2v) is 3.22. The lowest BCUT2D eigenvalue weighted by molar-refractivity contribution is 0.101. The van der Waals surface area contributed by atoms with Crippen LogP contribution in [0.5, 0.6) is 5.75 Å². The van der Waals surface area contributed by atoms with E-state index in [9.17, 15) is 9.90 Å². The fourth-order valence-electron chi connectivity index (χ4n) is 1.43. The summed E-state index contributed by atoms with van der Waals surface area (Å²) >= 11 is 0. The van der Waals surface area contributed by atoms with Gasteiger partial charge in [0.1, 0.15) is 5.75 Å². The Morgan fingerprint density at radius 3 is 2.60 bits per heavy atom. The van der Waals surface area contributed by atoms with Gasteiger partial charge in [-0.3, -0.25) is 4.79 Å². The molecule has 1 aromatic carbocycles. The average molecular weight is 202 g/mol. The fraction of sp³-hybridized carbons (Fsp3) is 0.154. The van der Waals surface area contributed by atoms with Gasteiger partial charge in [0.15, 0.2) is 5.78 Å². The molecule has 0 aliphatic heterocycles. The zero-order chi connectivity index (χ0) is 11.4. The van der Waals surface area contributed by atoms with Crippen LogP contribution in [0.4, 0.5) is 0 Å². The van der Waals surface area contributed by atoms with Crippen LogP contribution in [0.3, 0.4) is 0 Å². The molecule has 2 nitrogen and oxygen atoms in total. The lowest BCUT2D eigenvalue weighted by Gasteiger charge is -2.07. The second-order valence-electron chi connectivity index (χ2n) is 3.22. The molecule has 1 aromatic rings. The molecule has 2 heteroatoms. The van der Waals surface area contributed by atoms with Gasteiger partial charge in [0.25, 0.3) is 0 Å². The molecule has 15 heavy (non-hydrogen) atoms. The van der Waals surface area contributed by atoms with Gasteiger partial charge in [0.2, 0.25) is 0 Å². The van der Waals surface area contributed by atoms with Crippen molar-refractivity contribution in [2.45, 2.75) is 13.8 Å². The standard InChI is InChI=1S/C13H14O2/c1-4-6-12-10(5-2)7-8-11(9(3)14)13(12)15/h4-8,15H,2H2,1,3H3/b6-4-. The van der Waals surface area contributed by atoms with Gasteiger partial charge >= 0.3 is 0 Å². The summed E-state index contributed by atoms with van der Waals surface area (Å²) in [6.45, 7) is 6.95. The summed E-state index contributed by atoms with van der Waals surface area (Å²) in [7, 11) is 0. The number of hydrogen-bond acceptors (Lipinski definition) is 2. The van der Waals surface area contributed by atoms with E-state index < -0.39 is 0 Å². The van der Waals surface area contributed by atoms with Crippen LogP contribution in [0.15, 0.2) is 24.8 Å². The summed E-state index contributed by atoms with van der Waals surface area (Å²) in [5.41, 5.74) is 1.80. The van der Waals surface area contributed by atoms with Crippen LogP contribution in [0.1, 0.15) is 35.3 Å². The molecule has 0 fully saturated rings. The molecule has 0 saturated carbocycles. The van der Waals surface area contributed by atoms with Crippen molar-refractivity contribution < 1.29 is 9.90 Å². The number of phenols is 1. The van der Waals surface area contributed by atoms with Gasteiger partial charge in [-0.15, -0.1) is 0 Å².